The lowest BCUT2D eigenvalue weighted by Gasteiger charge is -2.16. The summed E-state index contributed by atoms with van der Waals surface area (Å²) in [6.45, 7) is 0.378. The molecule has 1 amide bonds. The highest BCUT2D eigenvalue weighted by Gasteiger charge is 2.13. The van der Waals surface area contributed by atoms with E-state index in [2.05, 4.69) is 26.2 Å². The minimum Gasteiger partial charge on any atom is -0.396 e. The van der Waals surface area contributed by atoms with Crippen molar-refractivity contribution in [1.29, 1.82) is 0 Å². The van der Waals surface area contributed by atoms with Gasteiger partial charge in [-0.25, -0.2) is 4.98 Å². The molecule has 0 saturated heterocycles. The van der Waals surface area contributed by atoms with Gasteiger partial charge in [-0.2, -0.15) is 0 Å². The van der Waals surface area contributed by atoms with Gasteiger partial charge in [0.15, 0.2) is 0 Å². The van der Waals surface area contributed by atoms with E-state index in [0.717, 1.165) is 0 Å². The third-order valence-electron chi connectivity index (χ3n) is 2.17. The molecular formula is C11H15BrN2O3. The maximum absolute atomic E-state index is 11.8. The van der Waals surface area contributed by atoms with Crippen LogP contribution in [0.25, 0.3) is 0 Å². The van der Waals surface area contributed by atoms with Gasteiger partial charge in [-0.1, -0.05) is 0 Å². The van der Waals surface area contributed by atoms with E-state index in [1.54, 1.807) is 19.2 Å². The Morgan fingerprint density at radius 3 is 2.94 bits per heavy atom. The van der Waals surface area contributed by atoms with Crippen molar-refractivity contribution in [3.05, 3.63) is 28.5 Å². The second kappa shape index (κ2) is 7.37. The predicted octanol–water partition coefficient (Wildman–Crippen LogP) is 0.971. The number of aromatic nitrogens is 1. The normalized spacial score (nSPS) is 12.2. The molecule has 94 valence electrons. The molecule has 1 heterocycles. The van der Waals surface area contributed by atoms with Gasteiger partial charge in [0.1, 0.15) is 4.60 Å². The molecule has 0 aromatic carbocycles. The van der Waals surface area contributed by atoms with Crippen LogP contribution in [0.4, 0.5) is 0 Å². The van der Waals surface area contributed by atoms with Crippen molar-refractivity contribution in [2.24, 2.45) is 0 Å². The summed E-state index contributed by atoms with van der Waals surface area (Å²) in [7, 11) is 1.55. The quantitative estimate of drug-likeness (QED) is 0.768. The van der Waals surface area contributed by atoms with Crippen molar-refractivity contribution in [2.75, 3.05) is 20.3 Å². The molecule has 5 nitrogen and oxygen atoms in total. The van der Waals surface area contributed by atoms with Crippen LogP contribution in [-0.2, 0) is 4.74 Å². The fourth-order valence-corrected chi connectivity index (χ4v) is 1.57. The van der Waals surface area contributed by atoms with Crippen LogP contribution in [0.5, 0.6) is 0 Å². The smallest absolute Gasteiger partial charge is 0.253 e. The van der Waals surface area contributed by atoms with Gasteiger partial charge < -0.3 is 15.2 Å². The first-order valence-corrected chi connectivity index (χ1v) is 5.99. The minimum absolute atomic E-state index is 0.00684. The van der Waals surface area contributed by atoms with E-state index in [9.17, 15) is 4.79 Å². The average molecular weight is 303 g/mol. The highest BCUT2D eigenvalue weighted by molar-refractivity contribution is 9.10. The Kier molecular flexibility index (Phi) is 6.10. The van der Waals surface area contributed by atoms with Crippen LogP contribution in [0, 0.1) is 0 Å². The summed E-state index contributed by atoms with van der Waals surface area (Å²) in [5.74, 6) is -0.222. The molecule has 0 aliphatic heterocycles. The Hall–Kier alpha value is -0.980. The fourth-order valence-electron chi connectivity index (χ4n) is 1.33. The van der Waals surface area contributed by atoms with Crippen LogP contribution in [-0.4, -0.2) is 42.4 Å². The maximum atomic E-state index is 11.8. The SMILES string of the molecule is COCC(CCO)NC(=O)c1ccc(Br)nc1. The number of nitrogens with zero attached hydrogens (tertiary/aromatic N) is 1. The Bertz CT molecular complexity index is 350. The number of hydrogen-bond donors (Lipinski definition) is 2. The first-order chi connectivity index (χ1) is 8.17. The second-order valence-electron chi connectivity index (χ2n) is 3.51. The van der Waals surface area contributed by atoms with Gasteiger partial charge in [0.2, 0.25) is 0 Å². The molecule has 2 N–H and O–H groups in total. The van der Waals surface area contributed by atoms with Crippen molar-refractivity contribution in [3.8, 4) is 0 Å². The summed E-state index contributed by atoms with van der Waals surface area (Å²) in [6.07, 6.45) is 1.95. The van der Waals surface area contributed by atoms with Crippen LogP contribution >= 0.6 is 15.9 Å². The van der Waals surface area contributed by atoms with Crippen LogP contribution < -0.4 is 5.32 Å². The molecule has 1 aromatic heterocycles. The molecule has 0 spiro atoms. The fraction of sp³-hybridized carbons (Fsp3) is 0.455. The molecular weight excluding hydrogens is 288 g/mol. The van der Waals surface area contributed by atoms with Crippen LogP contribution in [0.15, 0.2) is 22.9 Å². The molecule has 6 heteroatoms. The Morgan fingerprint density at radius 1 is 1.65 bits per heavy atom. The molecule has 1 atom stereocenters. The molecule has 1 rings (SSSR count). The summed E-state index contributed by atoms with van der Waals surface area (Å²) >= 11 is 3.20. The summed E-state index contributed by atoms with van der Waals surface area (Å²) < 4.78 is 5.64. The van der Waals surface area contributed by atoms with Gasteiger partial charge >= 0.3 is 0 Å². The number of amides is 1. The van der Waals surface area contributed by atoms with Crippen LogP contribution in [0.1, 0.15) is 16.8 Å². The van der Waals surface area contributed by atoms with Gasteiger partial charge in [-0.05, 0) is 34.5 Å². The van der Waals surface area contributed by atoms with Crippen molar-refractivity contribution < 1.29 is 14.6 Å². The maximum Gasteiger partial charge on any atom is 0.253 e. The average Bonchev–Trinajstić information content (AvgIpc) is 2.30. The largest absolute Gasteiger partial charge is 0.396 e. The van der Waals surface area contributed by atoms with Gasteiger partial charge in [-0.3, -0.25) is 4.79 Å². The summed E-state index contributed by atoms with van der Waals surface area (Å²) in [6, 6.07) is 3.18. The van der Waals surface area contributed by atoms with E-state index >= 15 is 0 Å². The number of methoxy groups -OCH3 is 1. The number of hydrogen-bond acceptors (Lipinski definition) is 4. The number of nitrogens with one attached hydrogen (secondary N) is 1. The number of aliphatic hydroxyl groups is 1. The third-order valence-corrected chi connectivity index (χ3v) is 2.64. The predicted molar refractivity (Wildman–Crippen MR) is 66.8 cm³/mol. The monoisotopic (exact) mass is 302 g/mol. The molecule has 0 aliphatic carbocycles. The number of carbonyl (C=O) groups is 1. The lowest BCUT2D eigenvalue weighted by atomic mass is 10.2. The number of ether oxygens (including phenoxy) is 1. The molecule has 0 fully saturated rings. The van der Waals surface area contributed by atoms with Gasteiger partial charge in [0, 0.05) is 19.9 Å². The third kappa shape index (κ3) is 4.80. The molecule has 0 radical (unpaired) electrons. The lowest BCUT2D eigenvalue weighted by molar-refractivity contribution is 0.0878. The van der Waals surface area contributed by atoms with Crippen LogP contribution in [0.3, 0.4) is 0 Å². The Labute approximate surface area is 108 Å². The standard InChI is InChI=1S/C11H15BrN2O3/c1-17-7-9(4-5-15)14-11(16)8-2-3-10(12)13-6-8/h2-3,6,9,15H,4-5,7H2,1H3,(H,14,16). The summed E-state index contributed by atoms with van der Waals surface area (Å²) in [5, 5.41) is 11.6. The first kappa shape index (κ1) is 14.1. The molecule has 0 bridgehead atoms. The Balaban J connectivity index is 2.60. The lowest BCUT2D eigenvalue weighted by Crippen LogP contribution is -2.38. The van der Waals surface area contributed by atoms with Crippen molar-refractivity contribution >= 4 is 21.8 Å². The zero-order valence-corrected chi connectivity index (χ0v) is 11.1. The molecule has 1 unspecified atom stereocenters. The number of rotatable bonds is 6. The molecule has 0 saturated carbocycles. The zero-order chi connectivity index (χ0) is 12.7. The Morgan fingerprint density at radius 2 is 2.41 bits per heavy atom. The van der Waals surface area contributed by atoms with E-state index < -0.39 is 0 Å². The van der Waals surface area contributed by atoms with E-state index in [4.69, 9.17) is 9.84 Å². The number of aliphatic hydroxyl groups excluding tert-OH is 1. The summed E-state index contributed by atoms with van der Waals surface area (Å²) in [5.41, 5.74) is 0.479. The first-order valence-electron chi connectivity index (χ1n) is 5.19. The van der Waals surface area contributed by atoms with Crippen molar-refractivity contribution in [2.45, 2.75) is 12.5 Å². The molecule has 0 aliphatic rings. The number of halogens is 1. The topological polar surface area (TPSA) is 71.5 Å². The number of pyridine rings is 1. The highest BCUT2D eigenvalue weighted by atomic mass is 79.9. The minimum atomic E-state index is -0.222. The second-order valence-corrected chi connectivity index (χ2v) is 4.32. The molecule has 1 aromatic rings. The van der Waals surface area contributed by atoms with E-state index in [1.165, 1.54) is 6.20 Å². The molecule has 17 heavy (non-hydrogen) atoms. The van der Waals surface area contributed by atoms with Gasteiger partial charge in [-0.15, -0.1) is 0 Å². The van der Waals surface area contributed by atoms with Crippen LogP contribution in [0.2, 0.25) is 0 Å². The zero-order valence-electron chi connectivity index (χ0n) is 9.52. The van der Waals surface area contributed by atoms with Crippen molar-refractivity contribution in [3.63, 3.8) is 0 Å². The summed E-state index contributed by atoms with van der Waals surface area (Å²) in [4.78, 5) is 15.8. The highest BCUT2D eigenvalue weighted by Crippen LogP contribution is 2.06. The van der Waals surface area contributed by atoms with E-state index in [1.807, 2.05) is 0 Å². The van der Waals surface area contributed by atoms with Gasteiger partial charge in [0.25, 0.3) is 5.91 Å². The van der Waals surface area contributed by atoms with Gasteiger partial charge in [0.05, 0.1) is 18.2 Å². The van der Waals surface area contributed by atoms with E-state index in [-0.39, 0.29) is 18.6 Å². The van der Waals surface area contributed by atoms with Crippen molar-refractivity contribution in [1.82, 2.24) is 10.3 Å². The van der Waals surface area contributed by atoms with E-state index in [0.29, 0.717) is 23.2 Å². The number of carbonyl (C=O) groups excluding carboxylic acids is 1.